The summed E-state index contributed by atoms with van der Waals surface area (Å²) in [5.74, 6) is -2.14. The first-order chi connectivity index (χ1) is 8.93. The van der Waals surface area contributed by atoms with Crippen molar-refractivity contribution in [2.75, 3.05) is 5.32 Å². The number of amides is 1. The van der Waals surface area contributed by atoms with Gasteiger partial charge >= 0.3 is 12.1 Å². The molecule has 0 aliphatic carbocycles. The van der Waals surface area contributed by atoms with Crippen molar-refractivity contribution in [3.8, 4) is 0 Å². The van der Waals surface area contributed by atoms with Gasteiger partial charge in [0.15, 0.2) is 0 Å². The Hall–Kier alpha value is -2.05. The summed E-state index contributed by atoms with van der Waals surface area (Å²) in [6.45, 7) is 4.83. The van der Waals surface area contributed by atoms with Crippen LogP contribution >= 0.6 is 0 Å². The summed E-state index contributed by atoms with van der Waals surface area (Å²) in [5.41, 5.74) is -3.02. The average molecular weight is 289 g/mol. The van der Waals surface area contributed by atoms with E-state index in [1.54, 1.807) is 20.8 Å². The molecule has 110 valence electrons. The highest BCUT2D eigenvalue weighted by atomic mass is 19.4. The number of nitrogens with one attached hydrogen (secondary N) is 1. The summed E-state index contributed by atoms with van der Waals surface area (Å²) in [6, 6.07) is 2.57. The molecule has 7 heteroatoms. The first-order valence-corrected chi connectivity index (χ1v) is 5.69. The van der Waals surface area contributed by atoms with Crippen LogP contribution in [0, 0.1) is 5.41 Å². The second kappa shape index (κ2) is 5.15. The molecule has 4 nitrogen and oxygen atoms in total. The third-order valence-corrected chi connectivity index (χ3v) is 2.49. The van der Waals surface area contributed by atoms with Crippen LogP contribution in [0.5, 0.6) is 0 Å². The highest BCUT2D eigenvalue weighted by molar-refractivity contribution is 5.96. The van der Waals surface area contributed by atoms with Gasteiger partial charge in [-0.25, -0.2) is 4.79 Å². The predicted octanol–water partition coefficient (Wildman–Crippen LogP) is 3.39. The molecule has 0 fully saturated rings. The van der Waals surface area contributed by atoms with Crippen LogP contribution in [0.25, 0.3) is 0 Å². The normalized spacial score (nSPS) is 12.1. The molecule has 0 bridgehead atoms. The van der Waals surface area contributed by atoms with Crippen LogP contribution in [0.2, 0.25) is 0 Å². The second-order valence-electron chi connectivity index (χ2n) is 5.27. The third-order valence-electron chi connectivity index (χ3n) is 2.49. The number of aromatic carboxylic acids is 1. The van der Waals surface area contributed by atoms with E-state index in [1.807, 2.05) is 0 Å². The maximum absolute atomic E-state index is 12.8. The van der Waals surface area contributed by atoms with Crippen LogP contribution in [0.1, 0.15) is 36.7 Å². The van der Waals surface area contributed by atoms with Crippen molar-refractivity contribution in [3.63, 3.8) is 0 Å². The Balaban J connectivity index is 3.21. The first kappa shape index (κ1) is 16.0. The molecule has 1 aromatic rings. The van der Waals surface area contributed by atoms with Gasteiger partial charge in [0.05, 0.1) is 11.1 Å². The summed E-state index contributed by atoms with van der Waals surface area (Å²) >= 11 is 0. The van der Waals surface area contributed by atoms with E-state index in [0.29, 0.717) is 6.07 Å². The van der Waals surface area contributed by atoms with Crippen molar-refractivity contribution >= 4 is 17.6 Å². The highest BCUT2D eigenvalue weighted by Crippen LogP contribution is 2.34. The van der Waals surface area contributed by atoms with Gasteiger partial charge in [0, 0.05) is 11.1 Å². The predicted molar refractivity (Wildman–Crippen MR) is 66.5 cm³/mol. The van der Waals surface area contributed by atoms with Crippen LogP contribution < -0.4 is 5.32 Å². The fourth-order valence-corrected chi connectivity index (χ4v) is 1.36. The van der Waals surface area contributed by atoms with Gasteiger partial charge in [-0.05, 0) is 18.2 Å². The quantitative estimate of drug-likeness (QED) is 0.877. The molecule has 20 heavy (non-hydrogen) atoms. The summed E-state index contributed by atoms with van der Waals surface area (Å²) in [4.78, 5) is 22.5. The molecular weight excluding hydrogens is 275 g/mol. The van der Waals surface area contributed by atoms with Gasteiger partial charge in [-0.15, -0.1) is 0 Å². The topological polar surface area (TPSA) is 66.4 Å². The molecule has 0 radical (unpaired) electrons. The van der Waals surface area contributed by atoms with Crippen molar-refractivity contribution in [3.05, 3.63) is 29.3 Å². The summed E-state index contributed by atoms with van der Waals surface area (Å²) in [5, 5.41) is 11.1. The van der Waals surface area contributed by atoms with Crippen molar-refractivity contribution < 1.29 is 27.9 Å². The molecule has 0 atom stereocenters. The van der Waals surface area contributed by atoms with Crippen molar-refractivity contribution in [1.29, 1.82) is 0 Å². The van der Waals surface area contributed by atoms with Gasteiger partial charge in [0.1, 0.15) is 0 Å². The van der Waals surface area contributed by atoms with Crippen LogP contribution in [-0.4, -0.2) is 17.0 Å². The van der Waals surface area contributed by atoms with E-state index in [4.69, 9.17) is 5.11 Å². The van der Waals surface area contributed by atoms with Crippen molar-refractivity contribution in [1.82, 2.24) is 0 Å². The number of carboxylic acids is 1. The number of rotatable bonds is 2. The maximum atomic E-state index is 12.8. The molecule has 0 saturated carbocycles. The van der Waals surface area contributed by atoms with E-state index in [2.05, 4.69) is 5.32 Å². The number of benzene rings is 1. The first-order valence-electron chi connectivity index (χ1n) is 5.69. The minimum atomic E-state index is -4.81. The molecule has 1 aromatic carbocycles. The molecule has 0 saturated heterocycles. The summed E-state index contributed by atoms with van der Waals surface area (Å²) in [7, 11) is 0. The van der Waals surface area contributed by atoms with Crippen LogP contribution in [0.3, 0.4) is 0 Å². The molecule has 0 unspecified atom stereocenters. The third kappa shape index (κ3) is 3.72. The molecule has 0 heterocycles. The fourth-order valence-electron chi connectivity index (χ4n) is 1.36. The lowest BCUT2D eigenvalue weighted by molar-refractivity contribution is -0.138. The number of anilines is 1. The molecule has 0 aliphatic rings. The number of carboxylic acid groups (broad SMARTS) is 1. The molecular formula is C13H14F3NO3. The number of alkyl halides is 3. The Morgan fingerprint density at radius 3 is 2.10 bits per heavy atom. The van der Waals surface area contributed by atoms with Crippen LogP contribution in [-0.2, 0) is 11.0 Å². The summed E-state index contributed by atoms with van der Waals surface area (Å²) < 4.78 is 38.4. The Labute approximate surface area is 113 Å². The van der Waals surface area contributed by atoms with Gasteiger partial charge < -0.3 is 10.4 Å². The van der Waals surface area contributed by atoms with E-state index in [9.17, 15) is 22.8 Å². The van der Waals surface area contributed by atoms with E-state index >= 15 is 0 Å². The Kier molecular flexibility index (Phi) is 4.12. The second-order valence-corrected chi connectivity index (χ2v) is 5.27. The van der Waals surface area contributed by atoms with Crippen LogP contribution in [0.4, 0.5) is 18.9 Å². The van der Waals surface area contributed by atoms with Crippen molar-refractivity contribution in [2.24, 2.45) is 5.41 Å². The molecule has 0 aromatic heterocycles. The Morgan fingerprint density at radius 1 is 1.15 bits per heavy atom. The minimum Gasteiger partial charge on any atom is -0.478 e. The molecule has 0 spiro atoms. The lowest BCUT2D eigenvalue weighted by Crippen LogP contribution is -2.27. The minimum absolute atomic E-state index is 0.0951. The lowest BCUT2D eigenvalue weighted by atomic mass is 9.95. The van der Waals surface area contributed by atoms with Crippen molar-refractivity contribution in [2.45, 2.75) is 26.9 Å². The standard InChI is InChI=1S/C13H14F3NO3/c1-12(2,3)11(20)17-7-4-5-8(10(18)19)9(6-7)13(14,15)16/h4-6H,1-3H3,(H,17,20)(H,18,19). The van der Waals surface area contributed by atoms with E-state index in [1.165, 1.54) is 0 Å². The maximum Gasteiger partial charge on any atom is 0.417 e. The average Bonchev–Trinajstić information content (AvgIpc) is 2.26. The largest absolute Gasteiger partial charge is 0.478 e. The van der Waals surface area contributed by atoms with Crippen LogP contribution in [0.15, 0.2) is 18.2 Å². The number of halogens is 3. The van der Waals surface area contributed by atoms with Gasteiger partial charge in [-0.1, -0.05) is 20.8 Å². The SMILES string of the molecule is CC(C)(C)C(=O)Nc1ccc(C(=O)O)c(C(F)(F)F)c1. The Morgan fingerprint density at radius 2 is 1.70 bits per heavy atom. The zero-order chi connectivity index (χ0) is 15.7. The molecule has 1 rings (SSSR count). The number of carbonyl (C=O) groups excluding carboxylic acids is 1. The molecule has 2 N–H and O–H groups in total. The highest BCUT2D eigenvalue weighted by Gasteiger charge is 2.36. The number of carbonyl (C=O) groups is 2. The molecule has 0 aliphatic heterocycles. The zero-order valence-corrected chi connectivity index (χ0v) is 11.1. The number of hydrogen-bond donors (Lipinski definition) is 2. The lowest BCUT2D eigenvalue weighted by Gasteiger charge is -2.19. The van der Waals surface area contributed by atoms with E-state index in [0.717, 1.165) is 12.1 Å². The molecule has 1 amide bonds. The smallest absolute Gasteiger partial charge is 0.417 e. The Bertz CT molecular complexity index is 545. The summed E-state index contributed by atoms with van der Waals surface area (Å²) in [6.07, 6.45) is -4.81. The van der Waals surface area contributed by atoms with Gasteiger partial charge in [-0.3, -0.25) is 4.79 Å². The zero-order valence-electron chi connectivity index (χ0n) is 11.1. The van der Waals surface area contributed by atoms with Gasteiger partial charge in [0.25, 0.3) is 0 Å². The van der Waals surface area contributed by atoms with Gasteiger partial charge in [-0.2, -0.15) is 13.2 Å². The van der Waals surface area contributed by atoms with E-state index in [-0.39, 0.29) is 5.69 Å². The van der Waals surface area contributed by atoms with E-state index < -0.39 is 34.6 Å². The number of hydrogen-bond acceptors (Lipinski definition) is 2. The van der Waals surface area contributed by atoms with Gasteiger partial charge in [0.2, 0.25) is 5.91 Å². The monoisotopic (exact) mass is 289 g/mol. The fraction of sp³-hybridized carbons (Fsp3) is 0.385.